The van der Waals surface area contributed by atoms with Crippen molar-refractivity contribution in [1.82, 2.24) is 4.98 Å². The minimum absolute atomic E-state index is 0.0520. The summed E-state index contributed by atoms with van der Waals surface area (Å²) in [6, 6.07) is 8.68. The van der Waals surface area contributed by atoms with Crippen molar-refractivity contribution in [1.29, 1.82) is 0 Å². The van der Waals surface area contributed by atoms with Gasteiger partial charge in [-0.15, -0.1) is 0 Å². The van der Waals surface area contributed by atoms with Crippen LogP contribution < -0.4 is 11.1 Å². The lowest BCUT2D eigenvalue weighted by Gasteiger charge is -2.05. The van der Waals surface area contributed by atoms with Crippen molar-refractivity contribution in [3.63, 3.8) is 0 Å². The van der Waals surface area contributed by atoms with E-state index >= 15 is 0 Å². The van der Waals surface area contributed by atoms with Gasteiger partial charge in [0.1, 0.15) is 11.4 Å². The van der Waals surface area contributed by atoms with E-state index < -0.39 is 5.97 Å². The number of hydrogen-bond acceptors (Lipinski definition) is 3. The summed E-state index contributed by atoms with van der Waals surface area (Å²) in [6.45, 7) is 0. The normalized spacial score (nSPS) is 13.9. The lowest BCUT2D eigenvalue weighted by Crippen LogP contribution is -2.12. The smallest absolute Gasteiger partial charge is 0.339 e. The number of aromatic carboxylic acids is 1. The van der Waals surface area contributed by atoms with Crippen LogP contribution in [-0.2, 0) is 4.79 Å². The van der Waals surface area contributed by atoms with E-state index in [1.165, 1.54) is 6.07 Å². The maximum Gasteiger partial charge on any atom is 0.339 e. The molecule has 0 saturated heterocycles. The molecule has 5 N–H and O–H groups in total. The standard InChI is InChI=1S/C15H15N3O3/c16-13-11(15(20)21)7-12(18-13)8-3-5-10(6-4-8)17-14(19)9-1-2-9/h3-7,9,18H,1-2,16H2,(H,17,19)(H,20,21). The van der Waals surface area contributed by atoms with Crippen molar-refractivity contribution in [3.8, 4) is 11.3 Å². The highest BCUT2D eigenvalue weighted by Crippen LogP contribution is 2.30. The van der Waals surface area contributed by atoms with Gasteiger partial charge in [0.2, 0.25) is 5.91 Å². The zero-order valence-electron chi connectivity index (χ0n) is 11.2. The summed E-state index contributed by atoms with van der Waals surface area (Å²) in [4.78, 5) is 25.5. The van der Waals surface area contributed by atoms with Gasteiger partial charge in [0.15, 0.2) is 0 Å². The second kappa shape index (κ2) is 4.97. The molecule has 1 aromatic heterocycles. The zero-order valence-corrected chi connectivity index (χ0v) is 11.2. The van der Waals surface area contributed by atoms with Crippen molar-refractivity contribution < 1.29 is 14.7 Å². The van der Waals surface area contributed by atoms with Gasteiger partial charge < -0.3 is 21.1 Å². The van der Waals surface area contributed by atoms with Crippen molar-refractivity contribution in [2.24, 2.45) is 5.92 Å². The maximum absolute atomic E-state index is 11.7. The molecule has 1 aliphatic rings. The van der Waals surface area contributed by atoms with E-state index in [2.05, 4.69) is 10.3 Å². The van der Waals surface area contributed by atoms with E-state index in [-0.39, 0.29) is 23.2 Å². The van der Waals surface area contributed by atoms with Crippen LogP contribution in [-0.4, -0.2) is 22.0 Å². The summed E-state index contributed by atoms with van der Waals surface area (Å²) in [7, 11) is 0. The minimum atomic E-state index is -1.07. The number of amides is 1. The molecule has 1 saturated carbocycles. The van der Waals surface area contributed by atoms with Gasteiger partial charge in [-0.05, 0) is 36.6 Å². The van der Waals surface area contributed by atoms with Gasteiger partial charge in [-0.3, -0.25) is 4.79 Å². The first-order valence-electron chi connectivity index (χ1n) is 6.67. The Kier molecular flexibility index (Phi) is 3.13. The molecule has 0 bridgehead atoms. The van der Waals surface area contributed by atoms with Gasteiger partial charge >= 0.3 is 5.97 Å². The van der Waals surface area contributed by atoms with Crippen molar-refractivity contribution >= 4 is 23.4 Å². The molecule has 1 aliphatic carbocycles. The van der Waals surface area contributed by atoms with Crippen LogP contribution in [0.25, 0.3) is 11.3 Å². The fourth-order valence-corrected chi connectivity index (χ4v) is 2.13. The molecule has 108 valence electrons. The molecule has 21 heavy (non-hydrogen) atoms. The number of nitrogens with one attached hydrogen (secondary N) is 2. The lowest BCUT2D eigenvalue weighted by molar-refractivity contribution is -0.117. The van der Waals surface area contributed by atoms with Crippen LogP contribution in [0.5, 0.6) is 0 Å². The summed E-state index contributed by atoms with van der Waals surface area (Å²) < 4.78 is 0. The average Bonchev–Trinajstić information content (AvgIpc) is 3.22. The number of aromatic nitrogens is 1. The number of aromatic amines is 1. The number of hydrogen-bond donors (Lipinski definition) is 4. The predicted molar refractivity (Wildman–Crippen MR) is 79.0 cm³/mol. The Bertz CT molecular complexity index is 699. The van der Waals surface area contributed by atoms with Gasteiger partial charge in [-0.25, -0.2) is 4.79 Å². The molecule has 2 aromatic rings. The second-order valence-electron chi connectivity index (χ2n) is 5.16. The third kappa shape index (κ3) is 2.74. The molecule has 6 heteroatoms. The summed E-state index contributed by atoms with van der Waals surface area (Å²) >= 11 is 0. The molecule has 0 aliphatic heterocycles. The Balaban J connectivity index is 1.78. The van der Waals surface area contributed by atoms with Crippen LogP contribution in [0.2, 0.25) is 0 Å². The Labute approximate surface area is 121 Å². The molecule has 1 aromatic carbocycles. The topological polar surface area (TPSA) is 108 Å². The number of H-pyrrole nitrogens is 1. The molecule has 6 nitrogen and oxygen atoms in total. The highest BCUT2D eigenvalue weighted by atomic mass is 16.4. The fraction of sp³-hybridized carbons (Fsp3) is 0.200. The fourth-order valence-electron chi connectivity index (χ4n) is 2.13. The van der Waals surface area contributed by atoms with Crippen molar-refractivity contribution in [2.45, 2.75) is 12.8 Å². The zero-order chi connectivity index (χ0) is 15.0. The van der Waals surface area contributed by atoms with E-state index in [0.717, 1.165) is 24.1 Å². The van der Waals surface area contributed by atoms with Gasteiger partial charge in [0.05, 0.1) is 0 Å². The number of carboxylic acids is 1. The van der Waals surface area contributed by atoms with Gasteiger partial charge in [0.25, 0.3) is 0 Å². The number of benzene rings is 1. The number of carbonyl (C=O) groups is 2. The SMILES string of the molecule is Nc1[nH]c(-c2ccc(NC(=O)C3CC3)cc2)cc1C(=O)O. The molecule has 0 atom stereocenters. The van der Waals surface area contributed by atoms with Gasteiger partial charge in [0, 0.05) is 17.3 Å². The number of rotatable bonds is 4. The summed E-state index contributed by atoms with van der Waals surface area (Å²) in [5.41, 5.74) is 7.84. The van der Waals surface area contributed by atoms with Crippen LogP contribution in [0, 0.1) is 5.92 Å². The number of anilines is 2. The third-order valence-corrected chi connectivity index (χ3v) is 3.49. The first-order valence-corrected chi connectivity index (χ1v) is 6.67. The maximum atomic E-state index is 11.7. The predicted octanol–water partition coefficient (Wildman–Crippen LogP) is 2.31. The van der Waals surface area contributed by atoms with Crippen LogP contribution >= 0.6 is 0 Å². The summed E-state index contributed by atoms with van der Waals surface area (Å²) in [5, 5.41) is 11.8. The average molecular weight is 285 g/mol. The lowest BCUT2D eigenvalue weighted by atomic mass is 10.1. The highest BCUT2D eigenvalue weighted by Gasteiger charge is 2.29. The van der Waals surface area contributed by atoms with Crippen LogP contribution in [0.15, 0.2) is 30.3 Å². The first kappa shape index (κ1) is 13.2. The highest BCUT2D eigenvalue weighted by molar-refractivity contribution is 5.95. The van der Waals surface area contributed by atoms with Gasteiger partial charge in [-0.2, -0.15) is 0 Å². The molecule has 0 unspecified atom stereocenters. The largest absolute Gasteiger partial charge is 0.478 e. The minimum Gasteiger partial charge on any atom is -0.478 e. The van der Waals surface area contributed by atoms with Crippen LogP contribution in [0.4, 0.5) is 11.5 Å². The van der Waals surface area contributed by atoms with E-state index in [0.29, 0.717) is 5.69 Å². The molecule has 1 amide bonds. The number of nitrogens with two attached hydrogens (primary N) is 1. The third-order valence-electron chi connectivity index (χ3n) is 3.49. The Hall–Kier alpha value is -2.76. The molecule has 1 heterocycles. The molecule has 3 rings (SSSR count). The Morgan fingerprint density at radius 2 is 1.90 bits per heavy atom. The van der Waals surface area contributed by atoms with E-state index in [1.54, 1.807) is 24.3 Å². The molecule has 1 fully saturated rings. The van der Waals surface area contributed by atoms with Crippen molar-refractivity contribution in [3.05, 3.63) is 35.9 Å². The Morgan fingerprint density at radius 3 is 2.43 bits per heavy atom. The second-order valence-corrected chi connectivity index (χ2v) is 5.16. The molecular weight excluding hydrogens is 270 g/mol. The molecular formula is C15H15N3O3. The number of carbonyl (C=O) groups excluding carboxylic acids is 1. The quantitative estimate of drug-likeness (QED) is 0.691. The molecule has 0 radical (unpaired) electrons. The van der Waals surface area contributed by atoms with E-state index in [4.69, 9.17) is 10.8 Å². The van der Waals surface area contributed by atoms with Crippen LogP contribution in [0.3, 0.4) is 0 Å². The van der Waals surface area contributed by atoms with E-state index in [9.17, 15) is 9.59 Å². The van der Waals surface area contributed by atoms with Gasteiger partial charge in [-0.1, -0.05) is 12.1 Å². The van der Waals surface area contributed by atoms with Crippen LogP contribution in [0.1, 0.15) is 23.2 Å². The van der Waals surface area contributed by atoms with E-state index in [1.807, 2.05) is 0 Å². The number of carboxylic acid groups (broad SMARTS) is 1. The number of nitrogen functional groups attached to an aromatic ring is 1. The Morgan fingerprint density at radius 1 is 1.24 bits per heavy atom. The first-order chi connectivity index (χ1) is 10.0. The summed E-state index contributed by atoms with van der Waals surface area (Å²) in [5.74, 6) is -0.724. The van der Waals surface area contributed by atoms with Crippen molar-refractivity contribution in [2.75, 3.05) is 11.1 Å². The monoisotopic (exact) mass is 285 g/mol. The molecule has 0 spiro atoms. The summed E-state index contributed by atoms with van der Waals surface area (Å²) in [6.07, 6.45) is 1.92.